The molecule has 0 saturated carbocycles. The minimum absolute atomic E-state index is 0.0809. The van der Waals surface area contributed by atoms with Crippen molar-refractivity contribution in [3.05, 3.63) is 78.1 Å². The van der Waals surface area contributed by atoms with E-state index in [9.17, 15) is 13.2 Å². The molecule has 2 aromatic heterocycles. The average Bonchev–Trinajstić information content (AvgIpc) is 3.60. The number of anilines is 1. The summed E-state index contributed by atoms with van der Waals surface area (Å²) in [5.74, 6) is 1.13. The molecule has 186 valence electrons. The fourth-order valence-corrected chi connectivity index (χ4v) is 5.36. The molecule has 1 aliphatic heterocycles. The summed E-state index contributed by atoms with van der Waals surface area (Å²) in [6.07, 6.45) is 1.47. The average molecular weight is 508 g/mol. The van der Waals surface area contributed by atoms with Crippen LogP contribution in [0.3, 0.4) is 0 Å². The van der Waals surface area contributed by atoms with Crippen LogP contribution in [0.4, 0.5) is 5.88 Å². The lowest BCUT2D eigenvalue weighted by atomic mass is 10.1. The van der Waals surface area contributed by atoms with Gasteiger partial charge >= 0.3 is 0 Å². The van der Waals surface area contributed by atoms with Crippen molar-refractivity contribution in [3.63, 3.8) is 0 Å². The fraction of sp³-hybridized carbons (Fsp3) is 0.231. The van der Waals surface area contributed by atoms with Gasteiger partial charge in [0.1, 0.15) is 5.75 Å². The Kier molecular flexibility index (Phi) is 6.27. The molecule has 1 amide bonds. The smallest absolute Gasteiger partial charge is 0.266 e. The van der Waals surface area contributed by atoms with Crippen LogP contribution in [0.5, 0.6) is 5.75 Å². The third-order valence-corrected chi connectivity index (χ3v) is 7.76. The van der Waals surface area contributed by atoms with Crippen molar-refractivity contribution < 1.29 is 26.8 Å². The van der Waals surface area contributed by atoms with Crippen LogP contribution in [0.2, 0.25) is 0 Å². The number of hydrogen-bond donors (Lipinski definition) is 0. The van der Waals surface area contributed by atoms with Gasteiger partial charge in [-0.2, -0.15) is 4.98 Å². The molecule has 0 atom stereocenters. The number of nitrogens with zero attached hydrogens (tertiary/aromatic N) is 3. The standard InChI is InChI=1S/C26H25N3O6S/c1-18-5-11-21(12-6-18)36(31,32)24-26(35-23(27-24)22-4-3-17-34-22)29-15-13-28(14-16-29)25(30)19-7-9-20(33-2)10-8-19/h3-12,17H,13-16H2,1-2H3. The monoisotopic (exact) mass is 507 g/mol. The molecule has 0 aliphatic carbocycles. The summed E-state index contributed by atoms with van der Waals surface area (Å²) in [6.45, 7) is 3.44. The van der Waals surface area contributed by atoms with Gasteiger partial charge in [-0.05, 0) is 55.5 Å². The maximum atomic E-state index is 13.5. The molecule has 0 N–H and O–H groups in total. The molecule has 0 radical (unpaired) electrons. The molecule has 2 aromatic carbocycles. The van der Waals surface area contributed by atoms with Crippen molar-refractivity contribution in [1.29, 1.82) is 0 Å². The zero-order valence-corrected chi connectivity index (χ0v) is 20.7. The Morgan fingerprint density at radius 3 is 2.28 bits per heavy atom. The SMILES string of the molecule is COc1ccc(C(=O)N2CCN(c3oc(-c4ccco4)nc3S(=O)(=O)c3ccc(C)cc3)CC2)cc1. The Morgan fingerprint density at radius 2 is 1.67 bits per heavy atom. The normalized spacial score (nSPS) is 14.2. The number of amides is 1. The highest BCUT2D eigenvalue weighted by Crippen LogP contribution is 2.35. The molecule has 1 fully saturated rings. The minimum Gasteiger partial charge on any atom is -0.497 e. The van der Waals surface area contributed by atoms with Crippen molar-refractivity contribution in [3.8, 4) is 17.4 Å². The lowest BCUT2D eigenvalue weighted by Gasteiger charge is -2.34. The number of carbonyl (C=O) groups is 1. The van der Waals surface area contributed by atoms with Crippen LogP contribution in [-0.4, -0.2) is 57.5 Å². The number of oxazole rings is 1. The van der Waals surface area contributed by atoms with Gasteiger partial charge in [0, 0.05) is 31.7 Å². The van der Waals surface area contributed by atoms with Gasteiger partial charge in [0.05, 0.1) is 18.3 Å². The van der Waals surface area contributed by atoms with E-state index in [4.69, 9.17) is 13.6 Å². The van der Waals surface area contributed by atoms with E-state index in [1.54, 1.807) is 77.6 Å². The van der Waals surface area contributed by atoms with Gasteiger partial charge in [-0.3, -0.25) is 4.79 Å². The van der Waals surface area contributed by atoms with Crippen molar-refractivity contribution in [1.82, 2.24) is 9.88 Å². The van der Waals surface area contributed by atoms with Gasteiger partial charge < -0.3 is 23.4 Å². The number of sulfone groups is 1. The van der Waals surface area contributed by atoms with Crippen molar-refractivity contribution in [2.45, 2.75) is 16.8 Å². The van der Waals surface area contributed by atoms with Gasteiger partial charge in [0.15, 0.2) is 5.76 Å². The second-order valence-electron chi connectivity index (χ2n) is 8.43. The zero-order valence-electron chi connectivity index (χ0n) is 19.9. The molecule has 10 heteroatoms. The highest BCUT2D eigenvalue weighted by atomic mass is 32.2. The number of furan rings is 1. The number of aryl methyl sites for hydroxylation is 1. The number of carbonyl (C=O) groups excluding carboxylic acids is 1. The summed E-state index contributed by atoms with van der Waals surface area (Å²) in [7, 11) is -2.39. The van der Waals surface area contributed by atoms with E-state index in [1.165, 1.54) is 6.26 Å². The third-order valence-electron chi connectivity index (χ3n) is 6.09. The van der Waals surface area contributed by atoms with Crippen LogP contribution < -0.4 is 9.64 Å². The molecular weight excluding hydrogens is 482 g/mol. The summed E-state index contributed by atoms with van der Waals surface area (Å²) >= 11 is 0. The maximum absolute atomic E-state index is 13.5. The molecule has 1 aliphatic rings. The Balaban J connectivity index is 1.42. The van der Waals surface area contributed by atoms with E-state index in [0.717, 1.165) is 5.56 Å². The van der Waals surface area contributed by atoms with E-state index < -0.39 is 9.84 Å². The number of ether oxygens (including phenoxy) is 1. The number of rotatable bonds is 6. The first-order valence-corrected chi connectivity index (χ1v) is 12.9. The molecule has 36 heavy (non-hydrogen) atoms. The van der Waals surface area contributed by atoms with Gasteiger partial charge in [0.2, 0.25) is 20.7 Å². The van der Waals surface area contributed by atoms with E-state index in [0.29, 0.717) is 43.3 Å². The Labute approximate surface area is 208 Å². The highest BCUT2D eigenvalue weighted by molar-refractivity contribution is 7.91. The van der Waals surface area contributed by atoms with Crippen molar-refractivity contribution in [2.75, 3.05) is 38.2 Å². The van der Waals surface area contributed by atoms with Crippen LogP contribution >= 0.6 is 0 Å². The molecule has 0 spiro atoms. The maximum Gasteiger partial charge on any atom is 0.266 e. The van der Waals surface area contributed by atoms with Crippen LogP contribution in [0.1, 0.15) is 15.9 Å². The Bertz CT molecular complexity index is 1450. The summed E-state index contributed by atoms with van der Waals surface area (Å²) in [5.41, 5.74) is 1.51. The first-order valence-electron chi connectivity index (χ1n) is 11.4. The van der Waals surface area contributed by atoms with Crippen LogP contribution in [0.15, 0.2) is 85.7 Å². The number of methoxy groups -OCH3 is 1. The molecule has 4 aromatic rings. The van der Waals surface area contributed by atoms with Crippen molar-refractivity contribution >= 4 is 21.6 Å². The van der Waals surface area contributed by atoms with E-state index in [2.05, 4.69) is 4.98 Å². The first kappa shape index (κ1) is 23.7. The number of benzene rings is 2. The summed E-state index contributed by atoms with van der Waals surface area (Å²) < 4.78 is 43.6. The van der Waals surface area contributed by atoms with Gasteiger partial charge in [-0.1, -0.05) is 17.7 Å². The predicted octanol–water partition coefficient (Wildman–Crippen LogP) is 4.05. The molecule has 0 bridgehead atoms. The second-order valence-corrected chi connectivity index (χ2v) is 10.3. The molecule has 0 unspecified atom stereocenters. The zero-order chi connectivity index (χ0) is 25.3. The van der Waals surface area contributed by atoms with Crippen LogP contribution in [0, 0.1) is 6.92 Å². The van der Waals surface area contributed by atoms with Gasteiger partial charge in [0.25, 0.3) is 11.8 Å². The fourth-order valence-electron chi connectivity index (χ4n) is 4.04. The molecule has 9 nitrogen and oxygen atoms in total. The molecule has 5 rings (SSSR count). The molecule has 3 heterocycles. The van der Waals surface area contributed by atoms with Crippen LogP contribution in [-0.2, 0) is 9.84 Å². The van der Waals surface area contributed by atoms with Crippen molar-refractivity contribution in [2.24, 2.45) is 0 Å². The van der Waals surface area contributed by atoms with Crippen LogP contribution in [0.25, 0.3) is 11.7 Å². The summed E-state index contributed by atoms with van der Waals surface area (Å²) in [5, 5.41) is -0.173. The largest absolute Gasteiger partial charge is 0.497 e. The van der Waals surface area contributed by atoms with Gasteiger partial charge in [-0.25, -0.2) is 8.42 Å². The number of piperazine rings is 1. The predicted molar refractivity (Wildman–Crippen MR) is 132 cm³/mol. The van der Waals surface area contributed by atoms with E-state index in [1.807, 2.05) is 6.92 Å². The number of hydrogen-bond acceptors (Lipinski definition) is 8. The highest BCUT2D eigenvalue weighted by Gasteiger charge is 2.34. The Hall–Kier alpha value is -4.05. The van der Waals surface area contributed by atoms with E-state index in [-0.39, 0.29) is 27.6 Å². The quantitative estimate of drug-likeness (QED) is 0.385. The first-order chi connectivity index (χ1) is 17.4. The topological polar surface area (TPSA) is 106 Å². The third kappa shape index (κ3) is 4.47. The lowest BCUT2D eigenvalue weighted by molar-refractivity contribution is 0.0745. The minimum atomic E-state index is -3.97. The molecular formula is C26H25N3O6S. The number of aromatic nitrogens is 1. The van der Waals surface area contributed by atoms with E-state index >= 15 is 0 Å². The summed E-state index contributed by atoms with van der Waals surface area (Å²) in [6, 6.07) is 16.9. The lowest BCUT2D eigenvalue weighted by Crippen LogP contribution is -2.49. The molecule has 1 saturated heterocycles. The Morgan fingerprint density at radius 1 is 0.972 bits per heavy atom. The summed E-state index contributed by atoms with van der Waals surface area (Å²) in [4.78, 5) is 21.0. The van der Waals surface area contributed by atoms with Gasteiger partial charge in [-0.15, -0.1) is 0 Å². The second kappa shape index (κ2) is 9.54.